The maximum absolute atomic E-state index is 11.9. The van der Waals surface area contributed by atoms with Crippen LogP contribution in [0.5, 0.6) is 0 Å². The first-order valence-corrected chi connectivity index (χ1v) is 5.70. The van der Waals surface area contributed by atoms with Crippen molar-refractivity contribution in [1.82, 2.24) is 0 Å². The number of rotatable bonds is 3. The summed E-state index contributed by atoms with van der Waals surface area (Å²) in [5.41, 5.74) is 4.66. The third kappa shape index (κ3) is 2.68. The van der Waals surface area contributed by atoms with E-state index >= 15 is 0 Å². The highest BCUT2D eigenvalue weighted by Gasteiger charge is 2.15. The first-order chi connectivity index (χ1) is 7.10. The molecule has 82 valence electrons. The van der Waals surface area contributed by atoms with Gasteiger partial charge in [-0.1, -0.05) is 37.1 Å². The van der Waals surface area contributed by atoms with Crippen LogP contribution in [0.1, 0.15) is 47.0 Å². The van der Waals surface area contributed by atoms with E-state index in [1.165, 1.54) is 11.1 Å². The van der Waals surface area contributed by atoms with Crippen molar-refractivity contribution >= 4 is 5.78 Å². The summed E-state index contributed by atoms with van der Waals surface area (Å²) >= 11 is 0. The molecule has 0 fully saturated rings. The first-order valence-electron chi connectivity index (χ1n) is 5.70. The van der Waals surface area contributed by atoms with Crippen LogP contribution in [0.3, 0.4) is 0 Å². The molecule has 15 heavy (non-hydrogen) atoms. The van der Waals surface area contributed by atoms with Crippen LogP contribution in [-0.4, -0.2) is 5.78 Å². The maximum Gasteiger partial charge on any atom is 0.162 e. The molecule has 0 amide bonds. The lowest BCUT2D eigenvalue weighted by Gasteiger charge is -2.10. The molecule has 0 N–H and O–H groups in total. The fraction of sp³-hybridized carbons (Fsp3) is 0.500. The normalized spacial score (nSPS) is 17.1. The molecule has 0 aliphatic heterocycles. The van der Waals surface area contributed by atoms with Crippen LogP contribution in [0.15, 0.2) is 34.4 Å². The lowest BCUT2D eigenvalue weighted by atomic mass is 9.93. The van der Waals surface area contributed by atoms with E-state index in [1.54, 1.807) is 0 Å². The molecular formula is C14H20O. The average molecular weight is 204 g/mol. The van der Waals surface area contributed by atoms with Crippen LogP contribution in [0.25, 0.3) is 0 Å². The molecule has 1 rings (SSSR count). The van der Waals surface area contributed by atoms with E-state index in [9.17, 15) is 4.79 Å². The van der Waals surface area contributed by atoms with Gasteiger partial charge in [-0.3, -0.25) is 4.79 Å². The Kier molecular flexibility index (Phi) is 4.07. The molecule has 1 aliphatic carbocycles. The SMILES string of the molecule is CCC(=O)C1=C(CC)CC=C(C)C=C1C. The Balaban J connectivity index is 3.20. The van der Waals surface area contributed by atoms with Crippen molar-refractivity contribution in [2.45, 2.75) is 47.0 Å². The number of allylic oxidation sites excluding steroid dienone is 6. The van der Waals surface area contributed by atoms with Crippen molar-refractivity contribution in [3.63, 3.8) is 0 Å². The Labute approximate surface area is 92.6 Å². The van der Waals surface area contributed by atoms with Crippen molar-refractivity contribution in [2.24, 2.45) is 0 Å². The van der Waals surface area contributed by atoms with Crippen LogP contribution in [-0.2, 0) is 4.79 Å². The maximum atomic E-state index is 11.9. The molecule has 0 aromatic rings. The fourth-order valence-corrected chi connectivity index (χ4v) is 2.05. The lowest BCUT2D eigenvalue weighted by Crippen LogP contribution is -2.05. The molecule has 1 heteroatoms. The van der Waals surface area contributed by atoms with E-state index < -0.39 is 0 Å². The number of Topliss-reactive ketones (excluding diaryl/α,β-unsaturated/α-hetero) is 1. The number of carbonyl (C=O) groups excluding carboxylic acids is 1. The Morgan fingerprint density at radius 1 is 1.33 bits per heavy atom. The van der Waals surface area contributed by atoms with Crippen LogP contribution in [0.4, 0.5) is 0 Å². The molecule has 0 spiro atoms. The van der Waals surface area contributed by atoms with Crippen LogP contribution >= 0.6 is 0 Å². The standard InChI is InChI=1S/C14H20O/c1-5-12-8-7-10(3)9-11(4)14(12)13(15)6-2/h7,9H,5-6,8H2,1-4H3. The molecule has 0 unspecified atom stereocenters. The van der Waals surface area contributed by atoms with Gasteiger partial charge >= 0.3 is 0 Å². The predicted molar refractivity (Wildman–Crippen MR) is 64.7 cm³/mol. The third-order valence-corrected chi connectivity index (χ3v) is 2.89. The van der Waals surface area contributed by atoms with Gasteiger partial charge in [0, 0.05) is 12.0 Å². The predicted octanol–water partition coefficient (Wildman–Crippen LogP) is 3.97. The van der Waals surface area contributed by atoms with Crippen molar-refractivity contribution < 1.29 is 4.79 Å². The van der Waals surface area contributed by atoms with Crippen molar-refractivity contribution in [3.8, 4) is 0 Å². The Hall–Kier alpha value is -1.11. The molecule has 0 aromatic carbocycles. The first kappa shape index (κ1) is 12.0. The van der Waals surface area contributed by atoms with E-state index in [-0.39, 0.29) is 5.78 Å². The van der Waals surface area contributed by atoms with Gasteiger partial charge in [0.25, 0.3) is 0 Å². The van der Waals surface area contributed by atoms with Gasteiger partial charge < -0.3 is 0 Å². The highest BCUT2D eigenvalue weighted by atomic mass is 16.1. The van der Waals surface area contributed by atoms with Gasteiger partial charge in [-0.15, -0.1) is 0 Å². The highest BCUT2D eigenvalue weighted by molar-refractivity contribution is 6.00. The quantitative estimate of drug-likeness (QED) is 0.680. The zero-order valence-corrected chi connectivity index (χ0v) is 10.2. The minimum Gasteiger partial charge on any atom is -0.294 e. The van der Waals surface area contributed by atoms with E-state index in [2.05, 4.69) is 26.0 Å². The molecule has 1 nitrogen and oxygen atoms in total. The Bertz CT molecular complexity index is 354. The van der Waals surface area contributed by atoms with Crippen LogP contribution in [0.2, 0.25) is 0 Å². The third-order valence-electron chi connectivity index (χ3n) is 2.89. The summed E-state index contributed by atoms with van der Waals surface area (Å²) in [7, 11) is 0. The molecule has 1 aliphatic rings. The zero-order valence-electron chi connectivity index (χ0n) is 10.2. The topological polar surface area (TPSA) is 17.1 Å². The second kappa shape index (κ2) is 5.11. The van der Waals surface area contributed by atoms with Crippen molar-refractivity contribution in [2.75, 3.05) is 0 Å². The molecule has 0 heterocycles. The minimum absolute atomic E-state index is 0.281. The second-order valence-electron chi connectivity index (χ2n) is 4.09. The van der Waals surface area contributed by atoms with Gasteiger partial charge in [-0.2, -0.15) is 0 Å². The van der Waals surface area contributed by atoms with Crippen LogP contribution < -0.4 is 0 Å². The number of hydrogen-bond acceptors (Lipinski definition) is 1. The van der Waals surface area contributed by atoms with Gasteiger partial charge in [-0.05, 0) is 32.3 Å². The lowest BCUT2D eigenvalue weighted by molar-refractivity contribution is -0.115. The van der Waals surface area contributed by atoms with Gasteiger partial charge in [0.2, 0.25) is 0 Å². The minimum atomic E-state index is 0.281. The van der Waals surface area contributed by atoms with Gasteiger partial charge in [0.15, 0.2) is 5.78 Å². The summed E-state index contributed by atoms with van der Waals surface area (Å²) in [6, 6.07) is 0. The number of ketones is 1. The summed E-state index contributed by atoms with van der Waals surface area (Å²) < 4.78 is 0. The summed E-state index contributed by atoms with van der Waals surface area (Å²) in [5, 5.41) is 0. The van der Waals surface area contributed by atoms with Gasteiger partial charge in [0.05, 0.1) is 0 Å². The smallest absolute Gasteiger partial charge is 0.162 e. The van der Waals surface area contributed by atoms with Crippen molar-refractivity contribution in [1.29, 1.82) is 0 Å². The zero-order chi connectivity index (χ0) is 11.4. The van der Waals surface area contributed by atoms with Crippen molar-refractivity contribution in [3.05, 3.63) is 34.4 Å². The molecule has 0 aromatic heterocycles. The van der Waals surface area contributed by atoms with E-state index in [4.69, 9.17) is 0 Å². The molecule has 0 atom stereocenters. The number of carbonyl (C=O) groups is 1. The monoisotopic (exact) mass is 204 g/mol. The Morgan fingerprint density at radius 2 is 2.00 bits per heavy atom. The van der Waals surface area contributed by atoms with E-state index in [0.717, 1.165) is 24.0 Å². The van der Waals surface area contributed by atoms with E-state index in [1.807, 2.05) is 13.8 Å². The Morgan fingerprint density at radius 3 is 2.53 bits per heavy atom. The summed E-state index contributed by atoms with van der Waals surface area (Å²) in [4.78, 5) is 11.9. The van der Waals surface area contributed by atoms with Crippen LogP contribution in [0, 0.1) is 0 Å². The van der Waals surface area contributed by atoms with Gasteiger partial charge in [-0.25, -0.2) is 0 Å². The number of hydrogen-bond donors (Lipinski definition) is 0. The average Bonchev–Trinajstić information content (AvgIpc) is 2.35. The summed E-state index contributed by atoms with van der Waals surface area (Å²) in [5.74, 6) is 0.281. The fourth-order valence-electron chi connectivity index (χ4n) is 2.05. The van der Waals surface area contributed by atoms with Gasteiger partial charge in [0.1, 0.15) is 0 Å². The largest absolute Gasteiger partial charge is 0.294 e. The second-order valence-corrected chi connectivity index (χ2v) is 4.09. The molecule has 0 saturated heterocycles. The molecule has 0 radical (unpaired) electrons. The highest BCUT2D eigenvalue weighted by Crippen LogP contribution is 2.27. The molecule has 0 saturated carbocycles. The molecular weight excluding hydrogens is 184 g/mol. The summed E-state index contributed by atoms with van der Waals surface area (Å²) in [6.45, 7) is 8.19. The summed E-state index contributed by atoms with van der Waals surface area (Å²) in [6.07, 6.45) is 6.82. The molecule has 0 bridgehead atoms. The van der Waals surface area contributed by atoms with E-state index in [0.29, 0.717) is 6.42 Å².